The normalized spacial score (nSPS) is 14.7. The van der Waals surface area contributed by atoms with Crippen LogP contribution in [-0.2, 0) is 24.3 Å². The van der Waals surface area contributed by atoms with E-state index in [1.807, 2.05) is 20.1 Å². The van der Waals surface area contributed by atoms with Gasteiger partial charge in [0.25, 0.3) is 0 Å². The lowest BCUT2D eigenvalue weighted by Crippen LogP contribution is -3.11. The average Bonchev–Trinajstić information content (AvgIpc) is 2.73. The van der Waals surface area contributed by atoms with E-state index in [1.54, 1.807) is 16.7 Å². The predicted molar refractivity (Wildman–Crippen MR) is 118 cm³/mol. The summed E-state index contributed by atoms with van der Waals surface area (Å²) in [4.78, 5) is 23.0. The topological polar surface area (TPSA) is 59.3 Å². The maximum Gasteiger partial charge on any atom is 0.220 e. The number of aromatic nitrogens is 2. The van der Waals surface area contributed by atoms with Crippen LogP contribution in [0.15, 0.2) is 29.4 Å². The lowest BCUT2D eigenvalue weighted by Gasteiger charge is -2.23. The summed E-state index contributed by atoms with van der Waals surface area (Å²) in [6, 6.07) is 8.70. The van der Waals surface area contributed by atoms with Gasteiger partial charge >= 0.3 is 0 Å². The highest BCUT2D eigenvalue weighted by Crippen LogP contribution is 2.17. The number of nitrogens with one attached hydrogen (secondary N) is 2. The highest BCUT2D eigenvalue weighted by molar-refractivity contribution is 7.98. The van der Waals surface area contributed by atoms with Crippen molar-refractivity contribution in [2.24, 2.45) is 0 Å². The standard InChI is InChI=1S/C23H32N4OS/c1-17-21(18(2)26-23(25-17)29-3)11-12-22(28)24-15-19-7-9-20(10-8-19)16-27-13-5-4-6-14-27/h7-10H,4-6,11-16H2,1-3H3,(H,24,28)/p+1. The molecule has 156 valence electrons. The molecule has 29 heavy (non-hydrogen) atoms. The summed E-state index contributed by atoms with van der Waals surface area (Å²) >= 11 is 1.54. The van der Waals surface area contributed by atoms with Gasteiger partial charge in [-0.3, -0.25) is 4.79 Å². The van der Waals surface area contributed by atoms with Gasteiger partial charge in [0, 0.05) is 29.9 Å². The van der Waals surface area contributed by atoms with E-state index in [2.05, 4.69) is 39.6 Å². The molecule has 0 atom stereocenters. The molecule has 0 aliphatic carbocycles. The van der Waals surface area contributed by atoms with E-state index in [1.165, 1.54) is 37.9 Å². The Labute approximate surface area is 178 Å². The second-order valence-corrected chi connectivity index (χ2v) is 8.71. The number of aryl methyl sites for hydroxylation is 2. The maximum atomic E-state index is 12.3. The van der Waals surface area contributed by atoms with Crippen molar-refractivity contribution in [2.45, 2.75) is 64.2 Å². The van der Waals surface area contributed by atoms with Gasteiger partial charge in [0.05, 0.1) is 13.1 Å². The Morgan fingerprint density at radius 3 is 2.28 bits per heavy atom. The van der Waals surface area contributed by atoms with E-state index in [9.17, 15) is 4.79 Å². The van der Waals surface area contributed by atoms with Crippen molar-refractivity contribution in [3.05, 3.63) is 52.3 Å². The molecule has 6 heteroatoms. The van der Waals surface area contributed by atoms with Gasteiger partial charge in [0.15, 0.2) is 5.16 Å². The quantitative estimate of drug-likeness (QED) is 0.516. The lowest BCUT2D eigenvalue weighted by atomic mass is 10.1. The molecule has 5 nitrogen and oxygen atoms in total. The Hall–Kier alpha value is -1.92. The number of hydrogen-bond acceptors (Lipinski definition) is 4. The average molecular weight is 414 g/mol. The van der Waals surface area contributed by atoms with Crippen molar-refractivity contribution in [3.63, 3.8) is 0 Å². The summed E-state index contributed by atoms with van der Waals surface area (Å²) < 4.78 is 0. The molecule has 2 N–H and O–H groups in total. The first kappa shape index (κ1) is 21.8. The number of quaternary nitrogens is 1. The number of amides is 1. The van der Waals surface area contributed by atoms with E-state index < -0.39 is 0 Å². The van der Waals surface area contributed by atoms with Crippen LogP contribution in [0, 0.1) is 13.8 Å². The van der Waals surface area contributed by atoms with Crippen molar-refractivity contribution in [3.8, 4) is 0 Å². The van der Waals surface area contributed by atoms with Crippen molar-refractivity contribution >= 4 is 17.7 Å². The van der Waals surface area contributed by atoms with Crippen LogP contribution in [0.25, 0.3) is 0 Å². The number of hydrogen-bond donors (Lipinski definition) is 2. The van der Waals surface area contributed by atoms with Gasteiger partial charge in [-0.05, 0) is 56.9 Å². The van der Waals surface area contributed by atoms with Crippen molar-refractivity contribution < 1.29 is 9.69 Å². The summed E-state index contributed by atoms with van der Waals surface area (Å²) in [5, 5.41) is 3.83. The van der Waals surface area contributed by atoms with E-state index in [-0.39, 0.29) is 5.91 Å². The number of carbonyl (C=O) groups excluding carboxylic acids is 1. The van der Waals surface area contributed by atoms with Gasteiger partial charge in [-0.15, -0.1) is 0 Å². The second-order valence-electron chi connectivity index (χ2n) is 7.94. The molecule has 0 unspecified atom stereocenters. The summed E-state index contributed by atoms with van der Waals surface area (Å²) in [7, 11) is 0. The zero-order chi connectivity index (χ0) is 20.6. The zero-order valence-corrected chi connectivity index (χ0v) is 18.7. The molecule has 1 amide bonds. The molecule has 2 aromatic rings. The monoisotopic (exact) mass is 413 g/mol. The van der Waals surface area contributed by atoms with Gasteiger partial charge in [-0.1, -0.05) is 36.0 Å². The van der Waals surface area contributed by atoms with Crippen LogP contribution in [0.3, 0.4) is 0 Å². The Morgan fingerprint density at radius 1 is 1.03 bits per heavy atom. The molecule has 0 saturated carbocycles. The minimum Gasteiger partial charge on any atom is -0.352 e. The molecule has 1 aromatic heterocycles. The summed E-state index contributed by atoms with van der Waals surface area (Å²) in [5.74, 6) is 0.0691. The molecular formula is C23H33N4OS+. The number of benzene rings is 1. The van der Waals surface area contributed by atoms with Gasteiger partial charge in [0.1, 0.15) is 6.54 Å². The fourth-order valence-electron chi connectivity index (χ4n) is 3.98. The number of rotatable bonds is 8. The van der Waals surface area contributed by atoms with Gasteiger partial charge < -0.3 is 10.2 Å². The first-order chi connectivity index (χ1) is 14.0. The van der Waals surface area contributed by atoms with Gasteiger partial charge in [-0.25, -0.2) is 9.97 Å². The predicted octanol–water partition coefficient (Wildman–Crippen LogP) is 2.63. The van der Waals surface area contributed by atoms with Crippen molar-refractivity contribution in [2.75, 3.05) is 19.3 Å². The van der Waals surface area contributed by atoms with Gasteiger partial charge in [0.2, 0.25) is 5.91 Å². The Morgan fingerprint density at radius 2 is 1.66 bits per heavy atom. The largest absolute Gasteiger partial charge is 0.352 e. The third-order valence-electron chi connectivity index (χ3n) is 5.71. The third kappa shape index (κ3) is 6.54. The number of carbonyl (C=O) groups is 1. The van der Waals surface area contributed by atoms with Crippen LogP contribution in [0.1, 0.15) is 53.8 Å². The highest BCUT2D eigenvalue weighted by Gasteiger charge is 2.14. The Balaban J connectivity index is 1.44. The van der Waals surface area contributed by atoms with E-state index in [0.29, 0.717) is 19.4 Å². The highest BCUT2D eigenvalue weighted by atomic mass is 32.2. The number of nitrogens with zero attached hydrogens (tertiary/aromatic N) is 2. The lowest BCUT2D eigenvalue weighted by molar-refractivity contribution is -0.918. The van der Waals surface area contributed by atoms with E-state index in [4.69, 9.17) is 0 Å². The van der Waals surface area contributed by atoms with Crippen molar-refractivity contribution in [1.29, 1.82) is 0 Å². The molecule has 3 rings (SSSR count). The first-order valence-corrected chi connectivity index (χ1v) is 11.8. The number of piperidine rings is 1. The minimum atomic E-state index is 0.0691. The smallest absolute Gasteiger partial charge is 0.220 e. The number of likely N-dealkylation sites (tertiary alicyclic amines) is 1. The summed E-state index contributed by atoms with van der Waals surface area (Å²) in [6.07, 6.45) is 7.20. The summed E-state index contributed by atoms with van der Waals surface area (Å²) in [6.45, 7) is 8.27. The van der Waals surface area contributed by atoms with E-state index in [0.717, 1.165) is 34.2 Å². The first-order valence-electron chi connectivity index (χ1n) is 10.6. The fourth-order valence-corrected chi connectivity index (χ4v) is 4.44. The molecule has 0 bridgehead atoms. The maximum absolute atomic E-state index is 12.3. The summed E-state index contributed by atoms with van der Waals surface area (Å²) in [5.41, 5.74) is 5.57. The molecule has 2 heterocycles. The molecule has 0 spiro atoms. The van der Waals surface area contributed by atoms with Crippen LogP contribution in [0.2, 0.25) is 0 Å². The van der Waals surface area contributed by atoms with E-state index >= 15 is 0 Å². The molecule has 1 saturated heterocycles. The minimum absolute atomic E-state index is 0.0691. The molecule has 1 aromatic carbocycles. The second kappa shape index (κ2) is 10.7. The fraction of sp³-hybridized carbons (Fsp3) is 0.522. The van der Waals surface area contributed by atoms with Crippen LogP contribution in [-0.4, -0.2) is 35.2 Å². The molecular weight excluding hydrogens is 380 g/mol. The molecule has 1 aliphatic rings. The SMILES string of the molecule is CSc1nc(C)c(CCC(=O)NCc2ccc(C[NH+]3CCCCC3)cc2)c(C)n1. The molecule has 1 fully saturated rings. The molecule has 0 radical (unpaired) electrons. The Kier molecular flexibility index (Phi) is 8.07. The third-order valence-corrected chi connectivity index (χ3v) is 6.26. The van der Waals surface area contributed by atoms with Crippen LogP contribution < -0.4 is 10.2 Å². The van der Waals surface area contributed by atoms with Crippen LogP contribution in [0.4, 0.5) is 0 Å². The van der Waals surface area contributed by atoms with Gasteiger partial charge in [-0.2, -0.15) is 0 Å². The van der Waals surface area contributed by atoms with Crippen molar-refractivity contribution in [1.82, 2.24) is 15.3 Å². The van der Waals surface area contributed by atoms with Crippen LogP contribution >= 0.6 is 11.8 Å². The Bertz CT molecular complexity index is 793. The zero-order valence-electron chi connectivity index (χ0n) is 17.9. The molecule has 1 aliphatic heterocycles. The number of thioether (sulfide) groups is 1. The van der Waals surface area contributed by atoms with Crippen LogP contribution in [0.5, 0.6) is 0 Å².